The van der Waals surface area contributed by atoms with E-state index in [2.05, 4.69) is 30.5 Å². The highest BCUT2D eigenvalue weighted by molar-refractivity contribution is 7.14. The number of anilines is 2. The Kier molecular flexibility index (Phi) is 6.03. The lowest BCUT2D eigenvalue weighted by atomic mass is 10.2. The molecule has 0 fully saturated rings. The average Bonchev–Trinajstić information content (AvgIpc) is 3.43. The predicted molar refractivity (Wildman–Crippen MR) is 109 cm³/mol. The van der Waals surface area contributed by atoms with E-state index in [1.54, 1.807) is 5.38 Å². The maximum absolute atomic E-state index is 12.3. The number of amides is 1. The van der Waals surface area contributed by atoms with Crippen LogP contribution in [0.5, 0.6) is 5.75 Å². The third kappa shape index (κ3) is 5.60. The Morgan fingerprint density at radius 1 is 1.06 bits per heavy atom. The molecule has 164 valence electrons. The van der Waals surface area contributed by atoms with Crippen LogP contribution in [0.1, 0.15) is 16.4 Å². The number of aromatic nitrogens is 3. The summed E-state index contributed by atoms with van der Waals surface area (Å²) in [5, 5.41) is 11.4. The molecule has 2 N–H and O–H groups in total. The van der Waals surface area contributed by atoms with Crippen molar-refractivity contribution in [3.63, 3.8) is 0 Å². The molecular formula is C20H14F3N5O3S. The van der Waals surface area contributed by atoms with Gasteiger partial charge in [0.15, 0.2) is 5.13 Å². The summed E-state index contributed by atoms with van der Waals surface area (Å²) < 4.78 is 45.6. The van der Waals surface area contributed by atoms with Gasteiger partial charge < -0.3 is 19.9 Å². The topological polar surface area (TPSA) is 102 Å². The molecule has 0 aliphatic carbocycles. The number of nitrogens with zero attached hydrogens (tertiary/aromatic N) is 3. The van der Waals surface area contributed by atoms with E-state index >= 15 is 0 Å². The van der Waals surface area contributed by atoms with Gasteiger partial charge in [-0.3, -0.25) is 4.79 Å². The molecule has 2 aromatic heterocycles. The van der Waals surface area contributed by atoms with Crippen molar-refractivity contribution in [3.05, 3.63) is 71.6 Å². The van der Waals surface area contributed by atoms with Crippen LogP contribution in [0, 0.1) is 0 Å². The highest BCUT2D eigenvalue weighted by atomic mass is 32.1. The number of nitrogens with one attached hydrogen (secondary N) is 2. The summed E-state index contributed by atoms with van der Waals surface area (Å²) in [6, 6.07) is 14.4. The maximum Gasteiger partial charge on any atom is 0.573 e. The molecule has 2 aromatic carbocycles. The van der Waals surface area contributed by atoms with Gasteiger partial charge in [-0.15, -0.1) is 24.5 Å². The first-order valence-corrected chi connectivity index (χ1v) is 9.98. The van der Waals surface area contributed by atoms with Crippen molar-refractivity contribution in [3.8, 4) is 17.1 Å². The molecule has 0 saturated heterocycles. The molecule has 4 rings (SSSR count). The Morgan fingerprint density at radius 3 is 2.53 bits per heavy atom. The number of carbonyl (C=O) groups is 1. The molecule has 2 heterocycles. The van der Waals surface area contributed by atoms with Crippen molar-refractivity contribution >= 4 is 28.1 Å². The molecule has 0 saturated carbocycles. The molecular weight excluding hydrogens is 447 g/mol. The smallest absolute Gasteiger partial charge is 0.406 e. The number of carbonyl (C=O) groups excluding carboxylic acids is 1. The lowest BCUT2D eigenvalue weighted by molar-refractivity contribution is -0.274. The number of thiazole rings is 1. The largest absolute Gasteiger partial charge is 0.573 e. The molecule has 32 heavy (non-hydrogen) atoms. The fourth-order valence-corrected chi connectivity index (χ4v) is 3.29. The summed E-state index contributed by atoms with van der Waals surface area (Å²) in [6.45, 7) is 0.0274. The third-order valence-electron chi connectivity index (χ3n) is 3.98. The monoisotopic (exact) mass is 461 g/mol. The van der Waals surface area contributed by atoms with Gasteiger partial charge >= 0.3 is 6.36 Å². The van der Waals surface area contributed by atoms with Gasteiger partial charge in [0.25, 0.3) is 5.91 Å². The zero-order valence-electron chi connectivity index (χ0n) is 16.1. The highest BCUT2D eigenvalue weighted by Gasteiger charge is 2.30. The first-order chi connectivity index (χ1) is 15.4. The Hall–Kier alpha value is -3.93. The van der Waals surface area contributed by atoms with Crippen LogP contribution in [0.15, 0.2) is 64.5 Å². The number of hydrogen-bond donors (Lipinski definition) is 2. The van der Waals surface area contributed by atoms with Crippen LogP contribution in [0.2, 0.25) is 0 Å². The van der Waals surface area contributed by atoms with Crippen molar-refractivity contribution < 1.29 is 27.2 Å². The van der Waals surface area contributed by atoms with Gasteiger partial charge in [0, 0.05) is 16.6 Å². The number of rotatable bonds is 7. The van der Waals surface area contributed by atoms with E-state index in [9.17, 15) is 18.0 Å². The van der Waals surface area contributed by atoms with E-state index in [1.165, 1.54) is 24.3 Å². The van der Waals surface area contributed by atoms with Gasteiger partial charge in [-0.05, 0) is 24.3 Å². The molecule has 0 atom stereocenters. The minimum atomic E-state index is -4.75. The number of benzene rings is 2. The Bertz CT molecular complexity index is 1190. The summed E-state index contributed by atoms with van der Waals surface area (Å²) in [5.41, 5.74) is 1.44. The molecule has 0 spiro atoms. The second-order valence-corrected chi connectivity index (χ2v) is 7.15. The van der Waals surface area contributed by atoms with Gasteiger partial charge in [-0.1, -0.05) is 35.5 Å². The van der Waals surface area contributed by atoms with Crippen molar-refractivity contribution in [1.82, 2.24) is 20.4 Å². The summed E-state index contributed by atoms with van der Waals surface area (Å²) in [7, 11) is 0. The van der Waals surface area contributed by atoms with Gasteiger partial charge in [0.2, 0.25) is 11.7 Å². The van der Waals surface area contributed by atoms with E-state index < -0.39 is 12.3 Å². The van der Waals surface area contributed by atoms with Gasteiger partial charge in [-0.2, -0.15) is 4.98 Å². The zero-order chi connectivity index (χ0) is 22.6. The predicted octanol–water partition coefficient (Wildman–Crippen LogP) is 4.77. The van der Waals surface area contributed by atoms with Crippen molar-refractivity contribution in [2.75, 3.05) is 5.32 Å². The Morgan fingerprint density at radius 2 is 1.81 bits per heavy atom. The number of halogens is 3. The van der Waals surface area contributed by atoms with Crippen LogP contribution in [-0.4, -0.2) is 27.4 Å². The van der Waals surface area contributed by atoms with Gasteiger partial charge in [-0.25, -0.2) is 4.98 Å². The van der Waals surface area contributed by atoms with Crippen LogP contribution < -0.4 is 15.4 Å². The van der Waals surface area contributed by atoms with E-state index in [0.717, 1.165) is 16.9 Å². The van der Waals surface area contributed by atoms with Gasteiger partial charge in [0.1, 0.15) is 11.4 Å². The highest BCUT2D eigenvalue weighted by Crippen LogP contribution is 2.26. The minimum Gasteiger partial charge on any atom is -0.406 e. The molecule has 0 radical (unpaired) electrons. The summed E-state index contributed by atoms with van der Waals surface area (Å²) in [4.78, 5) is 20.7. The Balaban J connectivity index is 1.31. The van der Waals surface area contributed by atoms with Crippen LogP contribution in [0.25, 0.3) is 11.4 Å². The minimum absolute atomic E-state index is 0.0274. The molecule has 1 amide bonds. The average molecular weight is 461 g/mol. The zero-order valence-corrected chi connectivity index (χ0v) is 16.9. The molecule has 12 heteroatoms. The molecule has 0 unspecified atom stereocenters. The molecule has 4 aromatic rings. The lowest BCUT2D eigenvalue weighted by Gasteiger charge is -2.09. The van der Waals surface area contributed by atoms with Crippen LogP contribution in [0.3, 0.4) is 0 Å². The van der Waals surface area contributed by atoms with Crippen LogP contribution in [0.4, 0.5) is 24.0 Å². The van der Waals surface area contributed by atoms with Crippen molar-refractivity contribution in [2.24, 2.45) is 0 Å². The maximum atomic E-state index is 12.3. The number of ether oxygens (including phenoxy) is 1. The van der Waals surface area contributed by atoms with E-state index in [-0.39, 0.29) is 23.9 Å². The third-order valence-corrected chi connectivity index (χ3v) is 4.73. The first-order valence-electron chi connectivity index (χ1n) is 9.10. The molecule has 8 nitrogen and oxygen atoms in total. The molecule has 0 aliphatic rings. The fourth-order valence-electron chi connectivity index (χ4n) is 2.58. The van der Waals surface area contributed by atoms with Crippen molar-refractivity contribution in [2.45, 2.75) is 12.9 Å². The summed E-state index contributed by atoms with van der Waals surface area (Å²) in [5.74, 6) is -0.116. The number of alkyl halides is 3. The van der Waals surface area contributed by atoms with Crippen LogP contribution in [-0.2, 0) is 6.54 Å². The first kappa shape index (κ1) is 21.3. The standard InChI is InChI=1S/C20H14F3N5O3S/c21-20(22,23)30-14-8-6-13(7-9-14)25-19-26-15(11-32-19)18(29)24-10-16-27-17(28-31-16)12-4-2-1-3-5-12/h1-9,11H,10H2,(H,24,29)(H,25,26). The fraction of sp³-hybridized carbons (Fsp3) is 0.100. The normalized spacial score (nSPS) is 11.2. The molecule has 0 bridgehead atoms. The quantitative estimate of drug-likeness (QED) is 0.409. The van der Waals surface area contributed by atoms with Crippen LogP contribution >= 0.6 is 11.3 Å². The summed E-state index contributed by atoms with van der Waals surface area (Å²) >= 11 is 1.16. The van der Waals surface area contributed by atoms with E-state index in [1.807, 2.05) is 30.3 Å². The second kappa shape index (κ2) is 9.06. The number of hydrogen-bond acceptors (Lipinski definition) is 8. The molecule has 0 aliphatic heterocycles. The van der Waals surface area contributed by atoms with Gasteiger partial charge in [0.05, 0.1) is 6.54 Å². The second-order valence-electron chi connectivity index (χ2n) is 6.30. The SMILES string of the molecule is O=C(NCc1nc(-c2ccccc2)no1)c1csc(Nc2ccc(OC(F)(F)F)cc2)n1. The summed E-state index contributed by atoms with van der Waals surface area (Å²) in [6.07, 6.45) is -4.75. The lowest BCUT2D eigenvalue weighted by Crippen LogP contribution is -2.23. The Labute approximate surface area is 183 Å². The van der Waals surface area contributed by atoms with Crippen molar-refractivity contribution in [1.29, 1.82) is 0 Å². The van der Waals surface area contributed by atoms with E-state index in [4.69, 9.17) is 4.52 Å². The van der Waals surface area contributed by atoms with E-state index in [0.29, 0.717) is 16.6 Å².